The van der Waals surface area contributed by atoms with Gasteiger partial charge in [0.1, 0.15) is 5.69 Å². The number of rotatable bonds is 11. The third-order valence-electron chi connectivity index (χ3n) is 5.55. The molecular formula is C21H35N5O5S. The first-order valence-electron chi connectivity index (χ1n) is 11.0. The van der Waals surface area contributed by atoms with Crippen LogP contribution in [0.25, 0.3) is 0 Å². The van der Waals surface area contributed by atoms with Crippen LogP contribution in [0.5, 0.6) is 0 Å². The number of amides is 1. The number of carbonyl (C=O) groups is 1. The molecule has 0 bridgehead atoms. The maximum absolute atomic E-state index is 12.7. The minimum Gasteiger partial charge on any atom is -0.365 e. The number of anilines is 1. The first-order chi connectivity index (χ1) is 15.0. The Bertz CT molecular complexity index is 906. The molecule has 1 aliphatic heterocycles. The maximum Gasteiger partial charge on any atom is 0.293 e. The van der Waals surface area contributed by atoms with Gasteiger partial charge in [-0.15, -0.1) is 0 Å². The highest BCUT2D eigenvalue weighted by Gasteiger charge is 2.31. The number of likely N-dealkylation sites (N-methyl/N-ethyl adjacent to an activating group) is 1. The summed E-state index contributed by atoms with van der Waals surface area (Å²) in [6.07, 6.45) is 3.32. The van der Waals surface area contributed by atoms with E-state index in [9.17, 15) is 23.3 Å². The highest BCUT2D eigenvalue weighted by molar-refractivity contribution is 7.89. The van der Waals surface area contributed by atoms with E-state index in [1.165, 1.54) is 12.1 Å². The van der Waals surface area contributed by atoms with E-state index in [1.807, 2.05) is 30.8 Å². The van der Waals surface area contributed by atoms with Crippen LogP contribution in [-0.4, -0.2) is 70.5 Å². The van der Waals surface area contributed by atoms with E-state index in [2.05, 4.69) is 17.0 Å². The van der Waals surface area contributed by atoms with Crippen LogP contribution in [0.15, 0.2) is 23.1 Å². The summed E-state index contributed by atoms with van der Waals surface area (Å²) in [5.41, 5.74) is 0.0576. The Hall–Kier alpha value is -2.24. The lowest BCUT2D eigenvalue weighted by molar-refractivity contribution is -0.384. The molecule has 1 amide bonds. The van der Waals surface area contributed by atoms with E-state index in [4.69, 9.17) is 0 Å². The fourth-order valence-corrected chi connectivity index (χ4v) is 4.89. The molecule has 2 atom stereocenters. The Kier molecular flexibility index (Phi) is 9.41. The van der Waals surface area contributed by atoms with Crippen LogP contribution >= 0.6 is 0 Å². The second-order valence-electron chi connectivity index (χ2n) is 8.59. The van der Waals surface area contributed by atoms with Gasteiger partial charge >= 0.3 is 0 Å². The third-order valence-corrected chi connectivity index (χ3v) is 7.01. The fourth-order valence-electron chi connectivity index (χ4n) is 3.85. The lowest BCUT2D eigenvalue weighted by atomic mass is 9.96. The lowest BCUT2D eigenvalue weighted by Crippen LogP contribution is -2.45. The Morgan fingerprint density at radius 1 is 1.38 bits per heavy atom. The molecule has 2 N–H and O–H groups in total. The minimum absolute atomic E-state index is 0.0393. The molecule has 10 nitrogen and oxygen atoms in total. The summed E-state index contributed by atoms with van der Waals surface area (Å²) in [5.74, 6) is -0.304. The van der Waals surface area contributed by atoms with Gasteiger partial charge in [-0.3, -0.25) is 14.9 Å². The van der Waals surface area contributed by atoms with Crippen LogP contribution < -0.4 is 14.9 Å². The molecule has 0 spiro atoms. The van der Waals surface area contributed by atoms with Crippen LogP contribution in [0.1, 0.15) is 39.5 Å². The SMILES string of the molecule is CCCC(C)NC(=O)C1CCCN(c2ccc(S(=O)(=O)NCCN(C)C)cc2[N+](=O)[O-])C1. The monoisotopic (exact) mass is 469 g/mol. The van der Waals surface area contributed by atoms with Crippen molar-refractivity contribution in [3.63, 3.8) is 0 Å². The van der Waals surface area contributed by atoms with Gasteiger partial charge in [-0.25, -0.2) is 13.1 Å². The summed E-state index contributed by atoms with van der Waals surface area (Å²) < 4.78 is 27.6. The molecule has 0 aromatic heterocycles. The number of piperidine rings is 1. The number of hydrogen-bond donors (Lipinski definition) is 2. The number of hydrogen-bond acceptors (Lipinski definition) is 7. The predicted molar refractivity (Wildman–Crippen MR) is 124 cm³/mol. The number of nitrogens with one attached hydrogen (secondary N) is 2. The lowest BCUT2D eigenvalue weighted by Gasteiger charge is -2.34. The molecule has 1 heterocycles. The molecule has 1 aromatic rings. The Labute approximate surface area is 190 Å². The second-order valence-corrected chi connectivity index (χ2v) is 10.4. The van der Waals surface area contributed by atoms with Gasteiger partial charge in [-0.05, 0) is 52.4 Å². The van der Waals surface area contributed by atoms with E-state index >= 15 is 0 Å². The number of nitro benzene ring substituents is 1. The van der Waals surface area contributed by atoms with Crippen molar-refractivity contribution in [1.29, 1.82) is 0 Å². The van der Waals surface area contributed by atoms with Gasteiger partial charge in [-0.2, -0.15) is 0 Å². The highest BCUT2D eigenvalue weighted by atomic mass is 32.2. The van der Waals surface area contributed by atoms with Crippen LogP contribution in [0, 0.1) is 16.0 Å². The third kappa shape index (κ3) is 7.14. The summed E-state index contributed by atoms with van der Waals surface area (Å²) in [5, 5.41) is 14.8. The van der Waals surface area contributed by atoms with Crippen molar-refractivity contribution in [1.82, 2.24) is 14.9 Å². The molecule has 1 aliphatic rings. The van der Waals surface area contributed by atoms with Gasteiger partial charge in [-0.1, -0.05) is 13.3 Å². The predicted octanol–water partition coefficient (Wildman–Crippen LogP) is 1.96. The first kappa shape index (κ1) is 26.0. The van der Waals surface area contributed by atoms with Gasteiger partial charge < -0.3 is 15.1 Å². The van der Waals surface area contributed by atoms with Crippen molar-refractivity contribution in [2.75, 3.05) is 45.2 Å². The molecule has 32 heavy (non-hydrogen) atoms. The number of sulfonamides is 1. The molecular weight excluding hydrogens is 434 g/mol. The van der Waals surface area contributed by atoms with Crippen LogP contribution in [-0.2, 0) is 14.8 Å². The van der Waals surface area contributed by atoms with Crippen molar-refractivity contribution in [3.05, 3.63) is 28.3 Å². The summed E-state index contributed by atoms with van der Waals surface area (Å²) in [7, 11) is -0.218. The van der Waals surface area contributed by atoms with Crippen LogP contribution in [0.3, 0.4) is 0 Å². The zero-order valence-corrected chi connectivity index (χ0v) is 20.2. The molecule has 2 rings (SSSR count). The van der Waals surface area contributed by atoms with E-state index < -0.39 is 14.9 Å². The molecule has 1 aromatic carbocycles. The molecule has 11 heteroatoms. The topological polar surface area (TPSA) is 125 Å². The van der Waals surface area contributed by atoms with Crippen molar-refractivity contribution >= 4 is 27.3 Å². The second kappa shape index (κ2) is 11.6. The summed E-state index contributed by atoms with van der Waals surface area (Å²) in [6.45, 7) is 5.67. The van der Waals surface area contributed by atoms with E-state index in [1.54, 1.807) is 0 Å². The number of nitro groups is 1. The summed E-state index contributed by atoms with van der Waals surface area (Å²) >= 11 is 0. The smallest absolute Gasteiger partial charge is 0.293 e. The van der Waals surface area contributed by atoms with Crippen LogP contribution in [0.2, 0.25) is 0 Å². The fraction of sp³-hybridized carbons (Fsp3) is 0.667. The Balaban J connectivity index is 2.20. The Morgan fingerprint density at radius 3 is 2.72 bits per heavy atom. The molecule has 1 fully saturated rings. The van der Waals surface area contributed by atoms with Gasteiger partial charge in [0.25, 0.3) is 5.69 Å². The highest BCUT2D eigenvalue weighted by Crippen LogP contribution is 2.33. The van der Waals surface area contributed by atoms with Crippen molar-refractivity contribution in [2.45, 2.75) is 50.5 Å². The zero-order valence-electron chi connectivity index (χ0n) is 19.3. The summed E-state index contributed by atoms with van der Waals surface area (Å²) in [4.78, 5) is 27.3. The average Bonchev–Trinajstić information content (AvgIpc) is 2.73. The number of benzene rings is 1. The van der Waals surface area contributed by atoms with Crippen molar-refractivity contribution in [3.8, 4) is 0 Å². The van der Waals surface area contributed by atoms with Crippen LogP contribution in [0.4, 0.5) is 11.4 Å². The van der Waals surface area contributed by atoms with E-state index in [0.717, 1.165) is 31.7 Å². The molecule has 0 aliphatic carbocycles. The van der Waals surface area contributed by atoms with Gasteiger partial charge in [0.05, 0.1) is 15.7 Å². The standard InChI is InChI=1S/C21H35N5O5S/c1-5-7-16(2)23-21(27)17-8-6-12-25(15-17)19-10-9-18(14-20(19)26(28)29)32(30,31)22-11-13-24(3)4/h9-10,14,16-17,22H,5-8,11-13,15H2,1-4H3,(H,23,27). The molecule has 1 saturated heterocycles. The van der Waals surface area contributed by atoms with Gasteiger partial charge in [0.15, 0.2) is 0 Å². The molecule has 180 valence electrons. The van der Waals surface area contributed by atoms with Crippen molar-refractivity contribution in [2.24, 2.45) is 5.92 Å². The minimum atomic E-state index is -3.87. The van der Waals surface area contributed by atoms with E-state index in [0.29, 0.717) is 25.3 Å². The maximum atomic E-state index is 12.7. The molecule has 0 radical (unpaired) electrons. The van der Waals surface area contributed by atoms with Gasteiger partial charge in [0, 0.05) is 38.3 Å². The quantitative estimate of drug-likeness (QED) is 0.375. The average molecular weight is 470 g/mol. The zero-order chi connectivity index (χ0) is 23.9. The largest absolute Gasteiger partial charge is 0.365 e. The first-order valence-corrected chi connectivity index (χ1v) is 12.5. The van der Waals surface area contributed by atoms with Crippen molar-refractivity contribution < 1.29 is 18.1 Å². The number of carbonyl (C=O) groups excluding carboxylic acids is 1. The molecule has 2 unspecified atom stereocenters. The number of nitrogens with zero attached hydrogens (tertiary/aromatic N) is 3. The molecule has 0 saturated carbocycles. The normalized spacial score (nSPS) is 17.9. The summed E-state index contributed by atoms with van der Waals surface area (Å²) in [6, 6.07) is 4.04. The van der Waals surface area contributed by atoms with Gasteiger partial charge in [0.2, 0.25) is 15.9 Å². The Morgan fingerprint density at radius 2 is 2.09 bits per heavy atom. The van der Waals surface area contributed by atoms with E-state index in [-0.39, 0.29) is 35.0 Å².